The maximum atomic E-state index is 15.1. The number of rotatable bonds is 30. The number of benzene rings is 4. The van der Waals surface area contributed by atoms with Crippen LogP contribution in [-0.4, -0.2) is 200 Å². The van der Waals surface area contributed by atoms with Gasteiger partial charge >= 0.3 is 29.8 Å². The van der Waals surface area contributed by atoms with Gasteiger partial charge in [0.15, 0.2) is 43.5 Å². The first-order valence-corrected chi connectivity index (χ1v) is 29.8. The Morgan fingerprint density at radius 3 is 1.27 bits per heavy atom. The molecule has 4 aliphatic heterocycles. The summed E-state index contributed by atoms with van der Waals surface area (Å²) in [5.74, 6) is -4.46. The highest BCUT2D eigenvalue weighted by Gasteiger charge is 2.60. The van der Waals surface area contributed by atoms with E-state index in [1.165, 1.54) is 42.3 Å². The van der Waals surface area contributed by atoms with Gasteiger partial charge in [0.2, 0.25) is 0 Å². The molecular weight excluding hydrogens is 1200 g/mol. The van der Waals surface area contributed by atoms with Crippen molar-refractivity contribution in [2.24, 2.45) is 5.92 Å². The molecule has 91 heavy (non-hydrogen) atoms. The van der Waals surface area contributed by atoms with E-state index in [4.69, 9.17) is 95.0 Å². The fourth-order valence-corrected chi connectivity index (χ4v) is 11.2. The predicted molar refractivity (Wildman–Crippen MR) is 312 cm³/mol. The number of aliphatic hydroxyl groups excluding tert-OH is 1. The third-order valence-electron chi connectivity index (χ3n) is 15.6. The van der Waals surface area contributed by atoms with E-state index in [2.05, 4.69) is 0 Å². The van der Waals surface area contributed by atoms with Gasteiger partial charge in [0.25, 0.3) is 0 Å². The molecule has 4 heterocycles. The lowest BCUT2D eigenvalue weighted by Gasteiger charge is -2.51. The highest BCUT2D eigenvalue weighted by molar-refractivity contribution is 5.76. The van der Waals surface area contributed by atoms with E-state index < -0.39 is 160 Å². The smallest absolute Gasteiger partial charge is 0.338 e. The number of methoxy groups -OCH3 is 4. The molecule has 4 saturated heterocycles. The molecule has 4 aromatic rings. The van der Waals surface area contributed by atoms with Crippen LogP contribution in [0.25, 0.3) is 0 Å². The van der Waals surface area contributed by atoms with Gasteiger partial charge in [0.05, 0.1) is 25.4 Å². The normalized spacial score (nSPS) is 31.6. The monoisotopic (exact) mass is 1280 g/mol. The largest absolute Gasteiger partial charge is 0.463 e. The maximum Gasteiger partial charge on any atom is 0.338 e. The Kier molecular flexibility index (Phi) is 27.1. The number of esters is 5. The molecule has 0 aromatic heterocycles. The van der Waals surface area contributed by atoms with Crippen LogP contribution in [0.15, 0.2) is 121 Å². The molecule has 26 nitrogen and oxygen atoms in total. The van der Waals surface area contributed by atoms with E-state index in [-0.39, 0.29) is 39.0 Å². The number of hydrogen-bond donors (Lipinski definition) is 1. The number of ether oxygens (including phenoxy) is 18. The van der Waals surface area contributed by atoms with Gasteiger partial charge in [-0.05, 0) is 22.3 Å². The first kappa shape index (κ1) is 70.5. The van der Waals surface area contributed by atoms with Gasteiger partial charge in [-0.2, -0.15) is 0 Å². The number of aliphatic hydroxyl groups is 1. The van der Waals surface area contributed by atoms with Crippen molar-refractivity contribution in [3.63, 3.8) is 0 Å². The Morgan fingerprint density at radius 2 is 0.791 bits per heavy atom. The molecule has 4 fully saturated rings. The molecule has 1 N–H and O–H groups in total. The first-order valence-electron chi connectivity index (χ1n) is 29.8. The highest BCUT2D eigenvalue weighted by Crippen LogP contribution is 2.40. The van der Waals surface area contributed by atoms with Crippen molar-refractivity contribution >= 4 is 29.8 Å². The standard InChI is InChI=1S/C65H82O26/c1-37-46(36-82-81-33-45-28-20-13-21-29-45)86-63(58(74-8)49(37)72-6)88-51-48(35-77-39(3)67)87-65(60(54(51)84-41(5)69)79-31-43-24-16-11-17-25-43)90-55-52(73-7)59(75-9)64(91-57(55)61(70)80-32-44-26-18-12-19-27-44)89-50-47(34-76-38(2)66)85-62(71)56(53(50)83-40(4)68)78-30-42-22-14-10-15-23-42/h10-29,37,46-60,62-65,71H,30-36H2,1-9H3/t37-,46+,47?,48?,49?,50-,51-,52?,53?,54+,55-,56?,57?,58?,59+,60?,62+,63-,64-,65+/m1/s1. The zero-order valence-electron chi connectivity index (χ0n) is 52.2. The van der Waals surface area contributed by atoms with Crippen LogP contribution < -0.4 is 0 Å². The quantitative estimate of drug-likeness (QED) is 0.0241. The second-order valence-electron chi connectivity index (χ2n) is 21.9. The molecule has 0 bridgehead atoms. The summed E-state index contributed by atoms with van der Waals surface area (Å²) in [4.78, 5) is 78.2. The molecule has 0 radical (unpaired) electrons. The minimum absolute atomic E-state index is 0.0881. The lowest BCUT2D eigenvalue weighted by molar-refractivity contribution is -0.393. The van der Waals surface area contributed by atoms with E-state index in [1.807, 2.05) is 49.4 Å². The maximum absolute atomic E-state index is 15.1. The van der Waals surface area contributed by atoms with Crippen LogP contribution in [0.2, 0.25) is 0 Å². The van der Waals surface area contributed by atoms with Crippen molar-refractivity contribution in [1.29, 1.82) is 0 Å². The minimum Gasteiger partial charge on any atom is -0.463 e. The number of carbonyl (C=O) groups excluding carboxylic acids is 5. The van der Waals surface area contributed by atoms with E-state index in [1.54, 1.807) is 78.9 Å². The molecule has 4 aliphatic rings. The molecule has 8 rings (SSSR count). The summed E-state index contributed by atoms with van der Waals surface area (Å²) in [5.41, 5.74) is 2.82. The van der Waals surface area contributed by atoms with Gasteiger partial charge in [-0.15, -0.1) is 0 Å². The fourth-order valence-electron chi connectivity index (χ4n) is 11.2. The molecule has 9 unspecified atom stereocenters. The Hall–Kier alpha value is -6.41. The zero-order valence-corrected chi connectivity index (χ0v) is 52.2. The molecule has 4 aromatic carbocycles. The summed E-state index contributed by atoms with van der Waals surface area (Å²) in [6, 6.07) is 36.1. The molecular formula is C65H82O26. The molecule has 20 atom stereocenters. The van der Waals surface area contributed by atoms with Crippen LogP contribution in [-0.2, 0) is 145 Å². The van der Waals surface area contributed by atoms with E-state index in [0.29, 0.717) is 16.7 Å². The van der Waals surface area contributed by atoms with Gasteiger partial charge in [-0.1, -0.05) is 128 Å². The Balaban J connectivity index is 1.17. The molecule has 498 valence electrons. The summed E-state index contributed by atoms with van der Waals surface area (Å²) in [6.07, 6.45) is -27.0. The Morgan fingerprint density at radius 1 is 0.385 bits per heavy atom. The van der Waals surface area contributed by atoms with Crippen molar-refractivity contribution in [3.8, 4) is 0 Å². The van der Waals surface area contributed by atoms with Crippen LogP contribution in [0, 0.1) is 5.92 Å². The Bertz CT molecular complexity index is 2860. The van der Waals surface area contributed by atoms with Crippen LogP contribution in [0.4, 0.5) is 0 Å². The second-order valence-corrected chi connectivity index (χ2v) is 21.9. The summed E-state index contributed by atoms with van der Waals surface area (Å²) >= 11 is 0. The van der Waals surface area contributed by atoms with Gasteiger partial charge in [0, 0.05) is 62.1 Å². The number of carbonyl (C=O) groups is 5. The van der Waals surface area contributed by atoms with Crippen molar-refractivity contribution in [1.82, 2.24) is 0 Å². The van der Waals surface area contributed by atoms with Gasteiger partial charge in [-0.3, -0.25) is 19.2 Å². The third kappa shape index (κ3) is 19.3. The summed E-state index contributed by atoms with van der Waals surface area (Å²) in [6.45, 7) is 5.01. The van der Waals surface area contributed by atoms with Crippen molar-refractivity contribution in [2.75, 3.05) is 48.3 Å². The number of hydrogen-bond acceptors (Lipinski definition) is 26. The SMILES string of the molecule is COC1C(OC)[C@H](C)[C@H](COOCc2ccccc2)O[C@@H]1O[C@@H]1C(COC(C)=O)O[C@@H](O[C@H]2C(C(=O)OCc3ccccc3)O[C@@H](O[C@@H]3C(COC(C)=O)O[C@H](O)C(OCc4ccccc4)C3OC(C)=O)[C@@H](OC)C2OC)C(OCc2ccccc2)[C@H]1OC(C)=O. The van der Waals surface area contributed by atoms with Crippen LogP contribution in [0.1, 0.15) is 56.9 Å². The topological polar surface area (TPSA) is 290 Å². The van der Waals surface area contributed by atoms with Crippen molar-refractivity contribution in [2.45, 2.75) is 178 Å². The minimum atomic E-state index is -1.86. The lowest BCUT2D eigenvalue weighted by atomic mass is 9.90. The van der Waals surface area contributed by atoms with Gasteiger partial charge < -0.3 is 90.4 Å². The van der Waals surface area contributed by atoms with Crippen molar-refractivity contribution in [3.05, 3.63) is 144 Å². The first-order chi connectivity index (χ1) is 44.0. The average molecular weight is 1280 g/mol. The molecule has 0 aliphatic carbocycles. The van der Waals surface area contributed by atoms with Crippen LogP contribution in [0.5, 0.6) is 0 Å². The molecule has 0 amide bonds. The van der Waals surface area contributed by atoms with E-state index in [0.717, 1.165) is 19.4 Å². The summed E-state index contributed by atoms with van der Waals surface area (Å²) < 4.78 is 113. The van der Waals surface area contributed by atoms with Crippen LogP contribution >= 0.6 is 0 Å². The summed E-state index contributed by atoms with van der Waals surface area (Å²) in [7, 11) is 5.56. The van der Waals surface area contributed by atoms with E-state index >= 15 is 4.79 Å². The molecule has 26 heteroatoms. The predicted octanol–water partition coefficient (Wildman–Crippen LogP) is 4.78. The summed E-state index contributed by atoms with van der Waals surface area (Å²) in [5, 5.41) is 11.5. The molecule has 0 spiro atoms. The Labute approximate surface area is 527 Å². The van der Waals surface area contributed by atoms with Crippen molar-refractivity contribution < 1.29 is 124 Å². The van der Waals surface area contributed by atoms with Gasteiger partial charge in [-0.25, -0.2) is 14.6 Å². The second kappa shape index (κ2) is 35.0. The fraction of sp³-hybridized carbons (Fsp3) is 0.554. The zero-order chi connectivity index (χ0) is 65.0. The van der Waals surface area contributed by atoms with Gasteiger partial charge in [0.1, 0.15) is 94.1 Å². The highest BCUT2D eigenvalue weighted by atomic mass is 17.2. The molecule has 0 saturated carbocycles. The lowest BCUT2D eigenvalue weighted by Crippen LogP contribution is -2.69. The third-order valence-corrected chi connectivity index (χ3v) is 15.6. The van der Waals surface area contributed by atoms with E-state index in [9.17, 15) is 24.3 Å². The van der Waals surface area contributed by atoms with Crippen LogP contribution in [0.3, 0.4) is 0 Å². The average Bonchev–Trinajstić information content (AvgIpc) is 0.941.